The van der Waals surface area contributed by atoms with Crippen LogP contribution in [-0.4, -0.2) is 26.5 Å². The number of hydrogen-bond acceptors (Lipinski definition) is 1. The van der Waals surface area contributed by atoms with E-state index in [9.17, 15) is 4.79 Å². The SMILES string of the molecule is Cc1ccc(C)c(C(=O)O)c1.[B][B]. The normalized spacial score (nSPS) is 8.46. The van der Waals surface area contributed by atoms with E-state index in [0.717, 1.165) is 11.1 Å². The predicted octanol–water partition coefficient (Wildman–Crippen LogP) is 1.24. The highest BCUT2D eigenvalue weighted by Crippen LogP contribution is 2.09. The predicted molar refractivity (Wildman–Crippen MR) is 54.4 cm³/mol. The minimum atomic E-state index is -0.855. The Labute approximate surface area is 80.8 Å². The Morgan fingerprint density at radius 3 is 2.23 bits per heavy atom. The number of rotatable bonds is 1. The van der Waals surface area contributed by atoms with Gasteiger partial charge in [-0.1, -0.05) is 17.7 Å². The third kappa shape index (κ3) is 3.36. The van der Waals surface area contributed by atoms with E-state index >= 15 is 0 Å². The molecule has 0 unspecified atom stereocenters. The molecule has 0 aliphatic carbocycles. The van der Waals surface area contributed by atoms with Crippen molar-refractivity contribution in [3.63, 3.8) is 0 Å². The van der Waals surface area contributed by atoms with Crippen LogP contribution in [0.25, 0.3) is 0 Å². The zero-order valence-electron chi connectivity index (χ0n) is 7.74. The molecule has 13 heavy (non-hydrogen) atoms. The molecule has 0 heterocycles. The van der Waals surface area contributed by atoms with Crippen molar-refractivity contribution in [3.8, 4) is 0 Å². The molecule has 0 aliphatic rings. The molecule has 0 saturated carbocycles. The van der Waals surface area contributed by atoms with Crippen LogP contribution in [0.4, 0.5) is 0 Å². The number of carboxylic acids is 1. The number of aromatic carboxylic acids is 1. The molecular formula is C9H10B2O2. The number of aryl methyl sites for hydroxylation is 2. The first-order valence-electron chi connectivity index (χ1n) is 3.75. The fourth-order valence-corrected chi connectivity index (χ4v) is 0.966. The number of carboxylic acid groups (broad SMARTS) is 1. The van der Waals surface area contributed by atoms with E-state index in [0.29, 0.717) is 5.56 Å². The van der Waals surface area contributed by atoms with E-state index in [1.807, 2.05) is 19.1 Å². The molecule has 4 radical (unpaired) electrons. The van der Waals surface area contributed by atoms with Gasteiger partial charge in [0, 0.05) is 15.5 Å². The lowest BCUT2D eigenvalue weighted by molar-refractivity contribution is 0.0696. The lowest BCUT2D eigenvalue weighted by Gasteiger charge is -2.00. The average molecular weight is 172 g/mol. The van der Waals surface area contributed by atoms with E-state index in [4.69, 9.17) is 5.11 Å². The second-order valence-electron chi connectivity index (χ2n) is 2.62. The van der Waals surface area contributed by atoms with Crippen molar-refractivity contribution < 1.29 is 9.90 Å². The molecule has 0 atom stereocenters. The molecule has 64 valence electrons. The van der Waals surface area contributed by atoms with Crippen molar-refractivity contribution in [2.75, 3.05) is 0 Å². The molecule has 0 amide bonds. The second kappa shape index (κ2) is 5.46. The van der Waals surface area contributed by atoms with Crippen LogP contribution in [0.15, 0.2) is 18.2 Å². The van der Waals surface area contributed by atoms with E-state index in [1.165, 1.54) is 0 Å². The van der Waals surface area contributed by atoms with Crippen molar-refractivity contribution in [2.24, 2.45) is 0 Å². The first-order chi connectivity index (χ1) is 6.11. The molecule has 0 saturated heterocycles. The maximum absolute atomic E-state index is 10.6. The highest BCUT2D eigenvalue weighted by molar-refractivity contribution is 6.75. The van der Waals surface area contributed by atoms with Gasteiger partial charge in [0.05, 0.1) is 5.56 Å². The minimum absolute atomic E-state index is 0.394. The Kier molecular flexibility index (Phi) is 4.97. The third-order valence-electron chi connectivity index (χ3n) is 1.62. The van der Waals surface area contributed by atoms with Gasteiger partial charge in [0.1, 0.15) is 0 Å². The Morgan fingerprint density at radius 1 is 1.31 bits per heavy atom. The van der Waals surface area contributed by atoms with Gasteiger partial charge in [-0.15, -0.1) is 0 Å². The Hall–Kier alpha value is -1.18. The van der Waals surface area contributed by atoms with Crippen molar-refractivity contribution >= 4 is 21.4 Å². The van der Waals surface area contributed by atoms with Crippen molar-refractivity contribution in [2.45, 2.75) is 13.8 Å². The second-order valence-corrected chi connectivity index (χ2v) is 2.62. The Balaban J connectivity index is 0.000000671. The fourth-order valence-electron chi connectivity index (χ4n) is 0.966. The van der Waals surface area contributed by atoms with Gasteiger partial charge in [-0.05, 0) is 25.5 Å². The zero-order valence-corrected chi connectivity index (χ0v) is 7.74. The highest BCUT2D eigenvalue weighted by atomic mass is 16.4. The van der Waals surface area contributed by atoms with Gasteiger partial charge in [0.25, 0.3) is 0 Å². The van der Waals surface area contributed by atoms with Crippen LogP contribution >= 0.6 is 0 Å². The molecule has 0 spiro atoms. The molecule has 0 aliphatic heterocycles. The molecular weight excluding hydrogens is 162 g/mol. The van der Waals surface area contributed by atoms with Crippen LogP contribution in [0.3, 0.4) is 0 Å². The average Bonchev–Trinajstić information content (AvgIpc) is 2.12. The van der Waals surface area contributed by atoms with Gasteiger partial charge in [-0.2, -0.15) is 0 Å². The summed E-state index contributed by atoms with van der Waals surface area (Å²) in [4.78, 5) is 10.6. The van der Waals surface area contributed by atoms with Crippen LogP contribution in [0.1, 0.15) is 21.5 Å². The summed E-state index contributed by atoms with van der Waals surface area (Å²) in [6.45, 7) is 3.68. The first-order valence-corrected chi connectivity index (χ1v) is 3.75. The first kappa shape index (κ1) is 11.8. The van der Waals surface area contributed by atoms with Crippen molar-refractivity contribution in [1.29, 1.82) is 0 Å². The van der Waals surface area contributed by atoms with Crippen LogP contribution in [-0.2, 0) is 0 Å². The standard InChI is InChI=1S/C9H10O2.B2/c1-6-3-4-7(2)8(5-6)9(10)11;1-2/h3-5H,1-2H3,(H,10,11);. The summed E-state index contributed by atoms with van der Waals surface area (Å²) in [5.74, 6) is -0.855. The van der Waals surface area contributed by atoms with E-state index in [-0.39, 0.29) is 0 Å². The van der Waals surface area contributed by atoms with E-state index in [1.54, 1.807) is 13.0 Å². The quantitative estimate of drug-likeness (QED) is 0.646. The summed E-state index contributed by atoms with van der Waals surface area (Å²) < 4.78 is 0. The summed E-state index contributed by atoms with van der Waals surface area (Å²) in [5.41, 5.74) is 2.18. The summed E-state index contributed by atoms with van der Waals surface area (Å²) in [7, 11) is 8.00. The monoisotopic (exact) mass is 172 g/mol. The van der Waals surface area contributed by atoms with Gasteiger partial charge < -0.3 is 5.11 Å². The Morgan fingerprint density at radius 2 is 1.85 bits per heavy atom. The van der Waals surface area contributed by atoms with Crippen LogP contribution in [0.2, 0.25) is 0 Å². The maximum atomic E-state index is 10.6. The van der Waals surface area contributed by atoms with Crippen molar-refractivity contribution in [1.82, 2.24) is 0 Å². The molecule has 0 bridgehead atoms. The van der Waals surface area contributed by atoms with Gasteiger partial charge in [0.2, 0.25) is 0 Å². The van der Waals surface area contributed by atoms with Crippen LogP contribution in [0.5, 0.6) is 0 Å². The Bertz CT molecular complexity index is 298. The zero-order chi connectivity index (χ0) is 10.4. The summed E-state index contributed by atoms with van der Waals surface area (Å²) in [6.07, 6.45) is 0. The molecule has 1 aromatic rings. The summed E-state index contributed by atoms with van der Waals surface area (Å²) in [6, 6.07) is 5.40. The minimum Gasteiger partial charge on any atom is -0.478 e. The number of carbonyl (C=O) groups is 1. The lowest BCUT2D eigenvalue weighted by Crippen LogP contribution is -1.99. The summed E-state index contributed by atoms with van der Waals surface area (Å²) >= 11 is 0. The number of benzene rings is 1. The largest absolute Gasteiger partial charge is 0.478 e. The number of hydrogen-bond donors (Lipinski definition) is 1. The molecule has 2 nitrogen and oxygen atoms in total. The molecule has 0 aromatic heterocycles. The van der Waals surface area contributed by atoms with Crippen LogP contribution in [0, 0.1) is 13.8 Å². The van der Waals surface area contributed by atoms with Crippen molar-refractivity contribution in [3.05, 3.63) is 34.9 Å². The topological polar surface area (TPSA) is 37.3 Å². The van der Waals surface area contributed by atoms with Crippen LogP contribution < -0.4 is 0 Å². The van der Waals surface area contributed by atoms with Gasteiger partial charge in [0.15, 0.2) is 0 Å². The molecule has 4 heteroatoms. The van der Waals surface area contributed by atoms with Gasteiger partial charge >= 0.3 is 5.97 Å². The van der Waals surface area contributed by atoms with E-state index < -0.39 is 5.97 Å². The van der Waals surface area contributed by atoms with Gasteiger partial charge in [-0.25, -0.2) is 4.79 Å². The summed E-state index contributed by atoms with van der Waals surface area (Å²) in [5, 5.41) is 8.69. The molecule has 1 rings (SSSR count). The maximum Gasteiger partial charge on any atom is 0.335 e. The smallest absolute Gasteiger partial charge is 0.335 e. The van der Waals surface area contributed by atoms with E-state index in [2.05, 4.69) is 15.5 Å². The fraction of sp³-hybridized carbons (Fsp3) is 0.222. The molecule has 1 aromatic carbocycles. The lowest BCUT2D eigenvalue weighted by atomic mass is 9.81. The molecule has 0 fully saturated rings. The van der Waals surface area contributed by atoms with Gasteiger partial charge in [-0.3, -0.25) is 0 Å². The highest BCUT2D eigenvalue weighted by Gasteiger charge is 2.05. The molecule has 1 N–H and O–H groups in total. The third-order valence-corrected chi connectivity index (χ3v) is 1.62.